The number of imidazole rings is 1. The van der Waals surface area contributed by atoms with Crippen molar-refractivity contribution in [3.05, 3.63) is 138 Å². The summed E-state index contributed by atoms with van der Waals surface area (Å²) >= 11 is 1.64. The van der Waals surface area contributed by atoms with Gasteiger partial charge in [0.15, 0.2) is 0 Å². The van der Waals surface area contributed by atoms with Gasteiger partial charge in [-0.05, 0) is 59.0 Å². The molecule has 6 aromatic rings. The Morgan fingerprint density at radius 3 is 2.34 bits per heavy atom. The van der Waals surface area contributed by atoms with Crippen LogP contribution in [0.5, 0.6) is 5.75 Å². The van der Waals surface area contributed by atoms with Crippen molar-refractivity contribution >= 4 is 22.7 Å². The number of anilines is 2. The number of hydrogen-bond donors (Lipinski definition) is 0. The van der Waals surface area contributed by atoms with Crippen molar-refractivity contribution in [1.82, 2.24) is 14.1 Å². The van der Waals surface area contributed by atoms with E-state index in [1.807, 2.05) is 22.9 Å². The van der Waals surface area contributed by atoms with Gasteiger partial charge in [0, 0.05) is 74.1 Å². The summed E-state index contributed by atoms with van der Waals surface area (Å²) in [6, 6.07) is 34.0. The molecule has 0 amide bonds. The monoisotopic (exact) mass is 643 g/mol. The number of nitrogens with zero attached hydrogens (tertiary/aromatic N) is 5. The van der Waals surface area contributed by atoms with E-state index >= 15 is 0 Å². The third-order valence-corrected chi connectivity index (χ3v) is 9.89. The molecule has 3 aromatic heterocycles. The molecule has 3 aromatic carbocycles. The Bertz CT molecular complexity index is 1880. The largest absolute Gasteiger partial charge is 0.491 e. The van der Waals surface area contributed by atoms with Crippen molar-refractivity contribution in [2.45, 2.75) is 18.4 Å². The second kappa shape index (κ2) is 13.1. The Morgan fingerprint density at radius 1 is 0.787 bits per heavy atom. The van der Waals surface area contributed by atoms with Crippen LogP contribution in [0.1, 0.15) is 4.88 Å². The van der Waals surface area contributed by atoms with E-state index in [4.69, 9.17) is 14.2 Å². The summed E-state index contributed by atoms with van der Waals surface area (Å²) in [4.78, 5) is 10.1. The minimum Gasteiger partial charge on any atom is -0.491 e. The number of aromatic nitrogens is 3. The lowest BCUT2D eigenvalue weighted by Gasteiger charge is -2.37. The molecule has 5 heterocycles. The topological polar surface area (TPSA) is 56.9 Å². The van der Waals surface area contributed by atoms with Gasteiger partial charge in [0.25, 0.3) is 0 Å². The highest BCUT2D eigenvalue weighted by molar-refractivity contribution is 7.10. The summed E-state index contributed by atoms with van der Waals surface area (Å²) in [5, 5.41) is 2.05. The van der Waals surface area contributed by atoms with Gasteiger partial charge in [-0.1, -0.05) is 48.5 Å². The molecule has 47 heavy (non-hydrogen) atoms. The molecule has 0 aliphatic carbocycles. The second-order valence-electron chi connectivity index (χ2n) is 12.0. The lowest BCUT2D eigenvalue weighted by Crippen LogP contribution is -2.46. The molecule has 2 saturated heterocycles. The highest BCUT2D eigenvalue weighted by Crippen LogP contribution is 2.39. The zero-order valence-corrected chi connectivity index (χ0v) is 26.9. The molecule has 238 valence electrons. The summed E-state index contributed by atoms with van der Waals surface area (Å²) in [6.45, 7) is 5.19. The molecule has 2 aliphatic rings. The number of rotatable bonds is 10. The lowest BCUT2D eigenvalue weighted by atomic mass is 10.1. The fraction of sp³-hybridized carbons (Fsp3) is 0.237. The maximum absolute atomic E-state index is 6.54. The predicted octanol–water partition coefficient (Wildman–Crippen LogP) is 7.08. The van der Waals surface area contributed by atoms with Crippen LogP contribution in [0.2, 0.25) is 0 Å². The first-order chi connectivity index (χ1) is 23.2. The molecule has 2 aliphatic heterocycles. The van der Waals surface area contributed by atoms with Crippen LogP contribution < -0.4 is 14.5 Å². The molecule has 2 atom stereocenters. The molecular formula is C38H37N5O3S. The first-order valence-electron chi connectivity index (χ1n) is 16.1. The Morgan fingerprint density at radius 2 is 1.57 bits per heavy atom. The smallest absolute Gasteiger partial charge is 0.223 e. The fourth-order valence-electron chi connectivity index (χ4n) is 6.44. The summed E-state index contributed by atoms with van der Waals surface area (Å²) in [5.74, 6) is 0.00255. The zero-order valence-electron chi connectivity index (χ0n) is 26.1. The van der Waals surface area contributed by atoms with Gasteiger partial charge in [0.1, 0.15) is 18.5 Å². The number of thiophene rings is 1. The number of benzene rings is 3. The third-order valence-electron chi connectivity index (χ3n) is 8.90. The van der Waals surface area contributed by atoms with Gasteiger partial charge in [0.05, 0.1) is 24.4 Å². The minimum absolute atomic E-state index is 0.181. The van der Waals surface area contributed by atoms with Crippen LogP contribution in [0.15, 0.2) is 134 Å². The molecule has 2 unspecified atom stereocenters. The van der Waals surface area contributed by atoms with Gasteiger partial charge < -0.3 is 33.1 Å². The second-order valence-corrected chi connectivity index (χ2v) is 12.9. The summed E-state index contributed by atoms with van der Waals surface area (Å²) in [5.41, 5.74) is 6.04. The Kier molecular flexibility index (Phi) is 8.25. The maximum Gasteiger partial charge on any atom is 0.223 e. The van der Waals surface area contributed by atoms with Crippen molar-refractivity contribution in [3.8, 4) is 22.6 Å². The van der Waals surface area contributed by atoms with Crippen LogP contribution in [-0.2, 0) is 21.8 Å². The van der Waals surface area contributed by atoms with Gasteiger partial charge in [-0.2, -0.15) is 0 Å². The Hall–Kier alpha value is -4.83. The average Bonchev–Trinajstić information content (AvgIpc) is 3.97. The fourth-order valence-corrected chi connectivity index (χ4v) is 7.26. The third kappa shape index (κ3) is 6.42. The quantitative estimate of drug-likeness (QED) is 0.159. The van der Waals surface area contributed by atoms with E-state index in [0.717, 1.165) is 36.8 Å². The van der Waals surface area contributed by atoms with Crippen molar-refractivity contribution in [3.63, 3.8) is 0 Å². The van der Waals surface area contributed by atoms with Crippen LogP contribution in [0.4, 0.5) is 11.4 Å². The van der Waals surface area contributed by atoms with Crippen molar-refractivity contribution in [2.75, 3.05) is 49.2 Å². The molecule has 0 N–H and O–H groups in total. The maximum atomic E-state index is 6.54. The van der Waals surface area contributed by atoms with E-state index in [9.17, 15) is 0 Å². The zero-order chi connectivity index (χ0) is 31.5. The molecule has 9 heteroatoms. The van der Waals surface area contributed by atoms with Crippen LogP contribution >= 0.6 is 11.3 Å². The Labute approximate surface area is 279 Å². The van der Waals surface area contributed by atoms with Crippen molar-refractivity contribution in [1.29, 1.82) is 0 Å². The van der Waals surface area contributed by atoms with Crippen LogP contribution in [0.3, 0.4) is 0 Å². The molecule has 0 bridgehead atoms. The standard InChI is InChI=1S/C38H37N5O3S/c1-2-7-30(8-3-1)31-14-16-43(25-31)33-10-4-9-32(23-33)41-18-20-42(21-19-41)34-11-5-12-35(24-34)44-26-36-27-45-38(46-36,37-13-6-22-47-37)28-40-17-15-39-29-40/h1-17,22-25,29,36H,18-21,26-28H2. The van der Waals surface area contributed by atoms with E-state index in [0.29, 0.717) is 19.8 Å². The lowest BCUT2D eigenvalue weighted by molar-refractivity contribution is -0.186. The molecular weight excluding hydrogens is 607 g/mol. The highest BCUT2D eigenvalue weighted by Gasteiger charge is 2.44. The molecule has 0 saturated carbocycles. The van der Waals surface area contributed by atoms with Gasteiger partial charge in [-0.15, -0.1) is 11.3 Å². The van der Waals surface area contributed by atoms with Crippen molar-refractivity contribution in [2.24, 2.45) is 0 Å². The molecule has 8 nitrogen and oxygen atoms in total. The van der Waals surface area contributed by atoms with Gasteiger partial charge in [-0.25, -0.2) is 4.98 Å². The van der Waals surface area contributed by atoms with Gasteiger partial charge >= 0.3 is 0 Å². The Balaban J connectivity index is 0.875. The molecule has 0 spiro atoms. The van der Waals surface area contributed by atoms with E-state index in [-0.39, 0.29) is 6.10 Å². The van der Waals surface area contributed by atoms with Crippen LogP contribution in [0.25, 0.3) is 16.8 Å². The van der Waals surface area contributed by atoms with Crippen LogP contribution in [-0.4, -0.2) is 59.6 Å². The van der Waals surface area contributed by atoms with E-state index in [2.05, 4.69) is 122 Å². The number of hydrogen-bond acceptors (Lipinski definition) is 7. The molecule has 0 radical (unpaired) electrons. The number of piperazine rings is 1. The normalized spacial score (nSPS) is 19.7. The highest BCUT2D eigenvalue weighted by atomic mass is 32.1. The van der Waals surface area contributed by atoms with Crippen LogP contribution in [0, 0.1) is 0 Å². The summed E-state index contributed by atoms with van der Waals surface area (Å²) < 4.78 is 23.3. The van der Waals surface area contributed by atoms with Gasteiger partial charge in [-0.3, -0.25) is 0 Å². The van der Waals surface area contributed by atoms with E-state index in [1.165, 1.54) is 28.2 Å². The predicted molar refractivity (Wildman–Crippen MR) is 187 cm³/mol. The molecule has 8 rings (SSSR count). The SMILES string of the molecule is c1ccc(-c2ccn(-c3cccc(N4CCN(c5cccc(OCC6COC(Cn7ccnc7)(c7cccs7)O6)c5)CC4)c3)c2)cc1. The van der Waals surface area contributed by atoms with E-state index in [1.54, 1.807) is 23.9 Å². The minimum atomic E-state index is -0.836. The summed E-state index contributed by atoms with van der Waals surface area (Å²) in [6.07, 6.45) is 9.66. The van der Waals surface area contributed by atoms with E-state index < -0.39 is 5.79 Å². The summed E-state index contributed by atoms with van der Waals surface area (Å²) in [7, 11) is 0. The number of ether oxygens (including phenoxy) is 3. The first-order valence-corrected chi connectivity index (χ1v) is 17.0. The molecule has 2 fully saturated rings. The first kappa shape index (κ1) is 29.6. The van der Waals surface area contributed by atoms with Gasteiger partial charge in [0.2, 0.25) is 5.79 Å². The van der Waals surface area contributed by atoms with Crippen molar-refractivity contribution < 1.29 is 14.2 Å². The average molecular weight is 644 g/mol.